The SMILES string of the molecule is C[C@@H](N)C(=O)N[C@H](C)C(=O)N(C)C. The third-order valence-corrected chi connectivity index (χ3v) is 1.58. The first-order chi connectivity index (χ1) is 5.86. The number of carbonyl (C=O) groups is 2. The van der Waals surface area contributed by atoms with Gasteiger partial charge in [0.2, 0.25) is 11.8 Å². The Bertz CT molecular complexity index is 202. The zero-order valence-electron chi connectivity index (χ0n) is 8.50. The summed E-state index contributed by atoms with van der Waals surface area (Å²) >= 11 is 0. The average Bonchev–Trinajstić information content (AvgIpc) is 2.02. The number of hydrogen-bond donors (Lipinski definition) is 2. The highest BCUT2D eigenvalue weighted by Gasteiger charge is 2.18. The molecule has 0 saturated carbocycles. The Labute approximate surface area is 78.3 Å². The van der Waals surface area contributed by atoms with Crippen LogP contribution in [0.2, 0.25) is 0 Å². The van der Waals surface area contributed by atoms with E-state index in [1.54, 1.807) is 27.9 Å². The van der Waals surface area contributed by atoms with Crippen molar-refractivity contribution in [3.63, 3.8) is 0 Å². The van der Waals surface area contributed by atoms with Gasteiger partial charge in [-0.2, -0.15) is 0 Å². The molecule has 2 atom stereocenters. The molecule has 0 spiro atoms. The van der Waals surface area contributed by atoms with E-state index < -0.39 is 12.1 Å². The molecule has 0 rings (SSSR count). The minimum Gasteiger partial charge on any atom is -0.347 e. The smallest absolute Gasteiger partial charge is 0.244 e. The van der Waals surface area contributed by atoms with Crippen molar-refractivity contribution in [3.8, 4) is 0 Å². The van der Waals surface area contributed by atoms with Gasteiger partial charge in [-0.3, -0.25) is 9.59 Å². The summed E-state index contributed by atoms with van der Waals surface area (Å²) in [7, 11) is 3.27. The number of likely N-dealkylation sites (N-methyl/N-ethyl adjacent to an activating group) is 1. The number of nitrogens with one attached hydrogen (secondary N) is 1. The molecule has 0 aliphatic heterocycles. The molecule has 0 aliphatic rings. The third-order valence-electron chi connectivity index (χ3n) is 1.58. The molecule has 0 aromatic rings. The molecule has 0 aliphatic carbocycles. The molecule has 5 heteroatoms. The second-order valence-electron chi connectivity index (χ2n) is 3.25. The molecule has 5 nitrogen and oxygen atoms in total. The largest absolute Gasteiger partial charge is 0.347 e. The predicted octanol–water partition coefficient (Wildman–Crippen LogP) is -1.07. The Morgan fingerprint density at radius 2 is 1.77 bits per heavy atom. The first-order valence-corrected chi connectivity index (χ1v) is 4.13. The summed E-state index contributed by atoms with van der Waals surface area (Å²) in [6.45, 7) is 3.20. The lowest BCUT2D eigenvalue weighted by Gasteiger charge is -2.18. The molecule has 0 bridgehead atoms. The summed E-state index contributed by atoms with van der Waals surface area (Å²) < 4.78 is 0. The van der Waals surface area contributed by atoms with E-state index in [4.69, 9.17) is 5.73 Å². The Hall–Kier alpha value is -1.10. The van der Waals surface area contributed by atoms with Crippen molar-refractivity contribution in [2.45, 2.75) is 25.9 Å². The number of rotatable bonds is 3. The fourth-order valence-electron chi connectivity index (χ4n) is 0.794. The summed E-state index contributed by atoms with van der Waals surface area (Å²) in [6, 6.07) is -1.11. The lowest BCUT2D eigenvalue weighted by Crippen LogP contribution is -2.49. The first kappa shape index (κ1) is 11.9. The van der Waals surface area contributed by atoms with Crippen LogP contribution in [0.3, 0.4) is 0 Å². The van der Waals surface area contributed by atoms with Crippen molar-refractivity contribution in [3.05, 3.63) is 0 Å². The van der Waals surface area contributed by atoms with Crippen LogP contribution in [0.4, 0.5) is 0 Å². The minimum atomic E-state index is -0.586. The van der Waals surface area contributed by atoms with Crippen molar-refractivity contribution in [2.75, 3.05) is 14.1 Å². The van der Waals surface area contributed by atoms with Crippen LogP contribution in [-0.4, -0.2) is 42.9 Å². The monoisotopic (exact) mass is 187 g/mol. The second-order valence-corrected chi connectivity index (χ2v) is 3.25. The normalized spacial score (nSPS) is 14.5. The topological polar surface area (TPSA) is 75.4 Å². The standard InChI is InChI=1S/C8H17N3O2/c1-5(9)7(12)10-6(2)8(13)11(3)4/h5-6H,9H2,1-4H3,(H,10,12)/t5-,6-/m1/s1. The fraction of sp³-hybridized carbons (Fsp3) is 0.750. The van der Waals surface area contributed by atoms with Gasteiger partial charge >= 0.3 is 0 Å². The molecular weight excluding hydrogens is 170 g/mol. The number of nitrogens with two attached hydrogens (primary N) is 1. The van der Waals surface area contributed by atoms with Crippen molar-refractivity contribution in [1.82, 2.24) is 10.2 Å². The van der Waals surface area contributed by atoms with E-state index in [1.807, 2.05) is 0 Å². The molecule has 3 N–H and O–H groups in total. The minimum absolute atomic E-state index is 0.144. The van der Waals surface area contributed by atoms with E-state index in [1.165, 1.54) is 4.90 Å². The number of amides is 2. The first-order valence-electron chi connectivity index (χ1n) is 4.13. The van der Waals surface area contributed by atoms with E-state index >= 15 is 0 Å². The maximum Gasteiger partial charge on any atom is 0.244 e. The van der Waals surface area contributed by atoms with Crippen LogP contribution in [0.15, 0.2) is 0 Å². The van der Waals surface area contributed by atoms with Crippen LogP contribution < -0.4 is 11.1 Å². The molecule has 0 radical (unpaired) electrons. The zero-order chi connectivity index (χ0) is 10.6. The Kier molecular flexibility index (Phi) is 4.40. The Morgan fingerprint density at radius 1 is 1.31 bits per heavy atom. The van der Waals surface area contributed by atoms with Gasteiger partial charge in [0.25, 0.3) is 0 Å². The van der Waals surface area contributed by atoms with Crippen LogP contribution in [0.25, 0.3) is 0 Å². The second kappa shape index (κ2) is 4.81. The summed E-state index contributed by atoms with van der Waals surface area (Å²) in [4.78, 5) is 23.8. The van der Waals surface area contributed by atoms with Crippen LogP contribution in [0, 0.1) is 0 Å². The highest BCUT2D eigenvalue weighted by molar-refractivity contribution is 5.88. The summed E-state index contributed by atoms with van der Waals surface area (Å²) in [5, 5.41) is 2.51. The maximum absolute atomic E-state index is 11.3. The van der Waals surface area contributed by atoms with E-state index in [-0.39, 0.29) is 11.8 Å². The lowest BCUT2D eigenvalue weighted by atomic mass is 10.2. The molecule has 0 unspecified atom stereocenters. The van der Waals surface area contributed by atoms with Gasteiger partial charge in [-0.05, 0) is 13.8 Å². The van der Waals surface area contributed by atoms with Gasteiger partial charge in [-0.25, -0.2) is 0 Å². The van der Waals surface area contributed by atoms with Gasteiger partial charge in [0.15, 0.2) is 0 Å². The highest BCUT2D eigenvalue weighted by atomic mass is 16.2. The summed E-state index contributed by atoms with van der Waals surface area (Å²) in [6.07, 6.45) is 0. The quantitative estimate of drug-likeness (QED) is 0.590. The number of nitrogens with zero attached hydrogens (tertiary/aromatic N) is 1. The summed E-state index contributed by atoms with van der Waals surface area (Å²) in [5.74, 6) is -0.461. The van der Waals surface area contributed by atoms with Gasteiger partial charge in [-0.1, -0.05) is 0 Å². The molecule has 0 fully saturated rings. The molecule has 0 aromatic heterocycles. The Morgan fingerprint density at radius 3 is 2.08 bits per heavy atom. The van der Waals surface area contributed by atoms with Crippen molar-refractivity contribution < 1.29 is 9.59 Å². The molecule has 0 aromatic carbocycles. The van der Waals surface area contributed by atoms with Crippen LogP contribution in [0.1, 0.15) is 13.8 Å². The molecular formula is C8H17N3O2. The number of hydrogen-bond acceptors (Lipinski definition) is 3. The van der Waals surface area contributed by atoms with Crippen molar-refractivity contribution in [2.24, 2.45) is 5.73 Å². The van der Waals surface area contributed by atoms with Crippen LogP contribution in [-0.2, 0) is 9.59 Å². The number of carbonyl (C=O) groups excluding carboxylic acids is 2. The Balaban J connectivity index is 4.08. The molecule has 0 saturated heterocycles. The van der Waals surface area contributed by atoms with E-state index in [0.29, 0.717) is 0 Å². The summed E-state index contributed by atoms with van der Waals surface area (Å²) in [5.41, 5.74) is 5.32. The molecule has 13 heavy (non-hydrogen) atoms. The predicted molar refractivity (Wildman–Crippen MR) is 49.9 cm³/mol. The van der Waals surface area contributed by atoms with Gasteiger partial charge < -0.3 is 16.0 Å². The van der Waals surface area contributed by atoms with Crippen LogP contribution in [0.5, 0.6) is 0 Å². The van der Waals surface area contributed by atoms with E-state index in [2.05, 4.69) is 5.32 Å². The van der Waals surface area contributed by atoms with Gasteiger partial charge in [0.05, 0.1) is 6.04 Å². The van der Waals surface area contributed by atoms with Gasteiger partial charge in [-0.15, -0.1) is 0 Å². The average molecular weight is 187 g/mol. The van der Waals surface area contributed by atoms with Gasteiger partial charge in [0, 0.05) is 14.1 Å². The molecule has 0 heterocycles. The highest BCUT2D eigenvalue weighted by Crippen LogP contribution is 1.89. The van der Waals surface area contributed by atoms with Gasteiger partial charge in [0.1, 0.15) is 6.04 Å². The van der Waals surface area contributed by atoms with Crippen LogP contribution >= 0.6 is 0 Å². The van der Waals surface area contributed by atoms with E-state index in [0.717, 1.165) is 0 Å². The fourth-order valence-corrected chi connectivity index (χ4v) is 0.794. The zero-order valence-corrected chi connectivity index (χ0v) is 8.50. The maximum atomic E-state index is 11.3. The third kappa shape index (κ3) is 3.89. The molecule has 2 amide bonds. The molecule has 76 valence electrons. The van der Waals surface area contributed by atoms with Crippen molar-refractivity contribution >= 4 is 11.8 Å². The lowest BCUT2D eigenvalue weighted by molar-refractivity contribution is -0.134. The van der Waals surface area contributed by atoms with E-state index in [9.17, 15) is 9.59 Å². The van der Waals surface area contributed by atoms with Crippen molar-refractivity contribution in [1.29, 1.82) is 0 Å².